The Labute approximate surface area is 150 Å². The van der Waals surface area contributed by atoms with Crippen LogP contribution < -0.4 is 4.72 Å². The molecule has 0 unspecified atom stereocenters. The van der Waals surface area contributed by atoms with Gasteiger partial charge in [0.15, 0.2) is 0 Å². The average molecular weight is 378 g/mol. The number of hydrogen-bond donors (Lipinski definition) is 1. The van der Waals surface area contributed by atoms with E-state index in [1.807, 2.05) is 42.5 Å². The fraction of sp³-hybridized carbons (Fsp3) is 0. The Balaban J connectivity index is 2.05. The number of nitrogens with one attached hydrogen (secondary N) is 1. The van der Waals surface area contributed by atoms with E-state index < -0.39 is 10.0 Å². The van der Waals surface area contributed by atoms with E-state index in [0.717, 1.165) is 11.1 Å². The molecular weight excluding hydrogens is 365 g/mol. The number of rotatable bonds is 4. The second-order valence-electron chi connectivity index (χ2n) is 5.07. The summed E-state index contributed by atoms with van der Waals surface area (Å²) in [6, 6.07) is 21.2. The van der Waals surface area contributed by atoms with Crippen molar-refractivity contribution >= 4 is 38.9 Å². The summed E-state index contributed by atoms with van der Waals surface area (Å²) in [5, 5.41) is 0.194. The van der Waals surface area contributed by atoms with E-state index in [-0.39, 0.29) is 14.9 Å². The Kier molecular flexibility index (Phi) is 4.81. The number of anilines is 1. The van der Waals surface area contributed by atoms with Gasteiger partial charge in [-0.1, -0.05) is 77.8 Å². The quantitative estimate of drug-likeness (QED) is 0.655. The Morgan fingerprint density at radius 3 is 2.17 bits per heavy atom. The van der Waals surface area contributed by atoms with Crippen LogP contribution in [-0.2, 0) is 10.0 Å². The first kappa shape index (κ1) is 16.8. The van der Waals surface area contributed by atoms with Crippen LogP contribution in [0.3, 0.4) is 0 Å². The molecule has 0 aromatic heterocycles. The van der Waals surface area contributed by atoms with E-state index >= 15 is 0 Å². The molecule has 0 aliphatic carbocycles. The highest BCUT2D eigenvalue weighted by Gasteiger charge is 2.20. The van der Waals surface area contributed by atoms with Crippen LogP contribution in [0.25, 0.3) is 11.1 Å². The van der Waals surface area contributed by atoms with Gasteiger partial charge < -0.3 is 0 Å². The van der Waals surface area contributed by atoms with Crippen LogP contribution in [0.4, 0.5) is 5.69 Å². The fourth-order valence-electron chi connectivity index (χ4n) is 2.33. The second kappa shape index (κ2) is 6.85. The van der Waals surface area contributed by atoms with Crippen molar-refractivity contribution in [1.82, 2.24) is 0 Å². The van der Waals surface area contributed by atoms with E-state index in [4.69, 9.17) is 23.2 Å². The fourth-order valence-corrected chi connectivity index (χ4v) is 4.18. The summed E-state index contributed by atoms with van der Waals surface area (Å²) in [5.74, 6) is 0. The summed E-state index contributed by atoms with van der Waals surface area (Å²) in [7, 11) is -3.86. The molecule has 3 rings (SSSR count). The van der Waals surface area contributed by atoms with Crippen molar-refractivity contribution in [3.63, 3.8) is 0 Å². The Hall–Kier alpha value is -2.01. The van der Waals surface area contributed by atoms with Gasteiger partial charge in [-0.25, -0.2) is 8.42 Å². The van der Waals surface area contributed by atoms with Crippen molar-refractivity contribution in [3.8, 4) is 11.1 Å². The maximum Gasteiger partial charge on any atom is 0.263 e. The maximum atomic E-state index is 12.7. The average Bonchev–Trinajstić information content (AvgIpc) is 2.58. The summed E-state index contributed by atoms with van der Waals surface area (Å²) < 4.78 is 28.0. The van der Waals surface area contributed by atoms with Crippen LogP contribution in [0.15, 0.2) is 77.7 Å². The van der Waals surface area contributed by atoms with Crippen molar-refractivity contribution in [1.29, 1.82) is 0 Å². The number of benzene rings is 3. The molecule has 0 heterocycles. The third-order valence-electron chi connectivity index (χ3n) is 3.46. The van der Waals surface area contributed by atoms with Crippen LogP contribution >= 0.6 is 23.2 Å². The standard InChI is InChI=1S/C18H13Cl2NO2S/c19-15-10-6-12-17(18(15)20)24(22,23)21-16-11-5-4-9-14(16)13-7-2-1-3-8-13/h1-12,21H. The van der Waals surface area contributed by atoms with E-state index in [1.54, 1.807) is 24.3 Å². The summed E-state index contributed by atoms with van der Waals surface area (Å²) >= 11 is 12.0. The monoisotopic (exact) mass is 377 g/mol. The van der Waals surface area contributed by atoms with Gasteiger partial charge in [-0.15, -0.1) is 0 Å². The lowest BCUT2D eigenvalue weighted by molar-refractivity contribution is 0.601. The molecule has 0 spiro atoms. The van der Waals surface area contributed by atoms with Crippen molar-refractivity contribution < 1.29 is 8.42 Å². The summed E-state index contributed by atoms with van der Waals surface area (Å²) in [5.41, 5.74) is 2.16. The first-order chi connectivity index (χ1) is 11.5. The van der Waals surface area contributed by atoms with Crippen molar-refractivity contribution in [2.45, 2.75) is 4.90 Å². The van der Waals surface area contributed by atoms with Gasteiger partial charge >= 0.3 is 0 Å². The Morgan fingerprint density at radius 1 is 0.750 bits per heavy atom. The Morgan fingerprint density at radius 2 is 1.42 bits per heavy atom. The minimum atomic E-state index is -3.86. The van der Waals surface area contributed by atoms with Crippen LogP contribution in [-0.4, -0.2) is 8.42 Å². The molecule has 3 nitrogen and oxygen atoms in total. The SMILES string of the molecule is O=S(=O)(Nc1ccccc1-c1ccccc1)c1cccc(Cl)c1Cl. The molecule has 0 bridgehead atoms. The van der Waals surface area contributed by atoms with E-state index in [2.05, 4.69) is 4.72 Å². The molecule has 0 amide bonds. The maximum absolute atomic E-state index is 12.7. The van der Waals surface area contributed by atoms with Gasteiger partial charge in [-0.3, -0.25) is 4.72 Å². The molecule has 6 heteroatoms. The molecule has 24 heavy (non-hydrogen) atoms. The smallest absolute Gasteiger partial charge is 0.263 e. The summed E-state index contributed by atoms with van der Waals surface area (Å²) in [6.45, 7) is 0. The Bertz CT molecular complexity index is 973. The number of hydrogen-bond acceptors (Lipinski definition) is 2. The number of para-hydroxylation sites is 1. The molecule has 3 aromatic carbocycles. The highest BCUT2D eigenvalue weighted by atomic mass is 35.5. The molecule has 122 valence electrons. The molecule has 0 saturated carbocycles. The third kappa shape index (κ3) is 3.41. The highest BCUT2D eigenvalue weighted by Crippen LogP contribution is 2.33. The van der Waals surface area contributed by atoms with Gasteiger partial charge in [-0.2, -0.15) is 0 Å². The van der Waals surface area contributed by atoms with Crippen LogP contribution in [0.1, 0.15) is 0 Å². The predicted molar refractivity (Wildman–Crippen MR) is 99.1 cm³/mol. The molecule has 0 aliphatic rings. The van der Waals surface area contributed by atoms with E-state index in [1.165, 1.54) is 6.07 Å². The van der Waals surface area contributed by atoms with Crippen molar-refractivity contribution in [2.24, 2.45) is 0 Å². The van der Waals surface area contributed by atoms with Gasteiger partial charge in [0.05, 0.1) is 15.7 Å². The predicted octanol–water partition coefficient (Wildman–Crippen LogP) is 5.46. The third-order valence-corrected chi connectivity index (χ3v) is 5.80. The molecule has 0 saturated heterocycles. The highest BCUT2D eigenvalue weighted by molar-refractivity contribution is 7.92. The lowest BCUT2D eigenvalue weighted by Crippen LogP contribution is -2.14. The molecule has 3 aromatic rings. The van der Waals surface area contributed by atoms with Crippen LogP contribution in [0, 0.1) is 0 Å². The molecule has 0 radical (unpaired) electrons. The minimum Gasteiger partial charge on any atom is -0.279 e. The van der Waals surface area contributed by atoms with Crippen LogP contribution in [0.5, 0.6) is 0 Å². The lowest BCUT2D eigenvalue weighted by Gasteiger charge is -2.14. The van der Waals surface area contributed by atoms with Gasteiger partial charge in [-0.05, 0) is 23.8 Å². The molecule has 0 aliphatic heterocycles. The summed E-state index contributed by atoms with van der Waals surface area (Å²) in [4.78, 5) is -0.0560. The zero-order chi connectivity index (χ0) is 17.2. The first-order valence-electron chi connectivity index (χ1n) is 7.10. The molecule has 1 N–H and O–H groups in total. The van der Waals surface area contributed by atoms with Gasteiger partial charge in [0.2, 0.25) is 0 Å². The molecular formula is C18H13Cl2NO2S. The zero-order valence-corrected chi connectivity index (χ0v) is 14.7. The number of sulfonamides is 1. The van der Waals surface area contributed by atoms with Gasteiger partial charge in [0.1, 0.15) is 4.90 Å². The first-order valence-corrected chi connectivity index (χ1v) is 9.34. The van der Waals surface area contributed by atoms with E-state index in [9.17, 15) is 8.42 Å². The summed E-state index contributed by atoms with van der Waals surface area (Å²) in [6.07, 6.45) is 0. The topological polar surface area (TPSA) is 46.2 Å². The normalized spacial score (nSPS) is 11.2. The van der Waals surface area contributed by atoms with Crippen molar-refractivity contribution in [3.05, 3.63) is 82.8 Å². The van der Waals surface area contributed by atoms with Gasteiger partial charge in [0, 0.05) is 5.56 Å². The minimum absolute atomic E-state index is 0.00357. The number of halogens is 2. The van der Waals surface area contributed by atoms with Crippen LogP contribution in [0.2, 0.25) is 10.0 Å². The van der Waals surface area contributed by atoms with Gasteiger partial charge in [0.25, 0.3) is 10.0 Å². The largest absolute Gasteiger partial charge is 0.279 e. The van der Waals surface area contributed by atoms with Crippen molar-refractivity contribution in [2.75, 3.05) is 4.72 Å². The second-order valence-corrected chi connectivity index (χ2v) is 7.51. The van der Waals surface area contributed by atoms with E-state index in [0.29, 0.717) is 5.69 Å². The lowest BCUT2D eigenvalue weighted by atomic mass is 10.0. The molecule has 0 fully saturated rings. The zero-order valence-electron chi connectivity index (χ0n) is 12.4. The molecule has 0 atom stereocenters.